The van der Waals surface area contributed by atoms with Crippen molar-refractivity contribution >= 4 is 23.2 Å². The van der Waals surface area contributed by atoms with E-state index >= 15 is 0 Å². The smallest absolute Gasteiger partial charge is 0.231 e. The van der Waals surface area contributed by atoms with Crippen LogP contribution in [-0.4, -0.2) is 31.8 Å². The zero-order valence-corrected chi connectivity index (χ0v) is 18.7. The molecule has 0 aromatic heterocycles. The van der Waals surface area contributed by atoms with E-state index in [1.165, 1.54) is 0 Å². The van der Waals surface area contributed by atoms with Crippen molar-refractivity contribution in [3.05, 3.63) is 66.7 Å². The van der Waals surface area contributed by atoms with Crippen molar-refractivity contribution in [1.82, 2.24) is 0 Å². The number of nitrogens with one attached hydrogen (secondary N) is 1. The Morgan fingerprint density at radius 2 is 1.79 bits per heavy atom. The number of hydrogen-bond donors (Lipinski definition) is 1. The van der Waals surface area contributed by atoms with Crippen molar-refractivity contribution in [2.75, 3.05) is 30.2 Å². The van der Waals surface area contributed by atoms with Gasteiger partial charge in [-0.2, -0.15) is 0 Å². The van der Waals surface area contributed by atoms with Crippen LogP contribution in [-0.2, 0) is 9.59 Å². The maximum absolute atomic E-state index is 13.0. The van der Waals surface area contributed by atoms with E-state index in [2.05, 4.69) is 5.32 Å². The van der Waals surface area contributed by atoms with Crippen LogP contribution < -0.4 is 29.2 Å². The van der Waals surface area contributed by atoms with Crippen LogP contribution in [0.15, 0.2) is 66.7 Å². The molecule has 174 valence electrons. The van der Waals surface area contributed by atoms with Crippen molar-refractivity contribution in [2.24, 2.45) is 5.92 Å². The van der Waals surface area contributed by atoms with Gasteiger partial charge < -0.3 is 29.2 Å². The molecular weight excluding hydrogens is 436 g/mol. The molecule has 8 nitrogen and oxygen atoms in total. The van der Waals surface area contributed by atoms with E-state index in [1.54, 1.807) is 35.2 Å². The number of amides is 2. The zero-order chi connectivity index (χ0) is 23.5. The Morgan fingerprint density at radius 1 is 1.03 bits per heavy atom. The van der Waals surface area contributed by atoms with E-state index in [9.17, 15) is 9.59 Å². The number of ether oxygens (including phenoxy) is 4. The van der Waals surface area contributed by atoms with Gasteiger partial charge in [-0.1, -0.05) is 12.1 Å². The summed E-state index contributed by atoms with van der Waals surface area (Å²) in [6.45, 7) is 2.96. The average molecular weight is 460 g/mol. The van der Waals surface area contributed by atoms with E-state index in [4.69, 9.17) is 18.9 Å². The first-order valence-electron chi connectivity index (χ1n) is 11.1. The van der Waals surface area contributed by atoms with Crippen LogP contribution in [0.5, 0.6) is 28.7 Å². The fourth-order valence-electron chi connectivity index (χ4n) is 3.98. The van der Waals surface area contributed by atoms with Crippen molar-refractivity contribution in [1.29, 1.82) is 0 Å². The minimum absolute atomic E-state index is 0.113. The number of rotatable bonds is 7. The molecule has 0 bridgehead atoms. The summed E-state index contributed by atoms with van der Waals surface area (Å²) in [4.78, 5) is 27.3. The predicted octanol–water partition coefficient (Wildman–Crippen LogP) is 4.60. The number of anilines is 2. The van der Waals surface area contributed by atoms with Crippen molar-refractivity contribution in [3.8, 4) is 28.7 Å². The highest BCUT2D eigenvalue weighted by Gasteiger charge is 2.36. The number of nitrogens with zero attached hydrogens (tertiary/aromatic N) is 1. The van der Waals surface area contributed by atoms with Gasteiger partial charge in [0.1, 0.15) is 11.5 Å². The van der Waals surface area contributed by atoms with Gasteiger partial charge in [0.15, 0.2) is 17.2 Å². The van der Waals surface area contributed by atoms with E-state index in [1.807, 2.05) is 43.3 Å². The van der Waals surface area contributed by atoms with Gasteiger partial charge >= 0.3 is 0 Å². The average Bonchev–Trinajstić information content (AvgIpc) is 3.47. The summed E-state index contributed by atoms with van der Waals surface area (Å²) in [5, 5.41) is 2.93. The van der Waals surface area contributed by atoms with Gasteiger partial charge in [0.05, 0.1) is 18.2 Å². The monoisotopic (exact) mass is 460 g/mol. The van der Waals surface area contributed by atoms with Crippen molar-refractivity contribution in [2.45, 2.75) is 13.3 Å². The fraction of sp³-hybridized carbons (Fsp3) is 0.231. The summed E-state index contributed by atoms with van der Waals surface area (Å²) in [5.41, 5.74) is 1.22. The Bertz CT molecular complexity index is 1210. The first-order chi connectivity index (χ1) is 16.6. The molecule has 1 unspecified atom stereocenters. The Kier molecular flexibility index (Phi) is 5.95. The molecule has 1 fully saturated rings. The van der Waals surface area contributed by atoms with Crippen molar-refractivity contribution < 1.29 is 28.5 Å². The highest BCUT2D eigenvalue weighted by Crippen LogP contribution is 2.37. The third kappa shape index (κ3) is 4.47. The molecule has 0 radical (unpaired) electrons. The Hall–Kier alpha value is -4.20. The molecule has 2 aliphatic rings. The maximum Gasteiger partial charge on any atom is 0.231 e. The Balaban J connectivity index is 1.26. The first kappa shape index (κ1) is 21.6. The lowest BCUT2D eigenvalue weighted by Crippen LogP contribution is -2.28. The number of fused-ring (bicyclic) bond motifs is 1. The molecule has 0 aliphatic carbocycles. The number of carbonyl (C=O) groups is 2. The Labute approximate surface area is 197 Å². The second-order valence-electron chi connectivity index (χ2n) is 7.93. The minimum atomic E-state index is -0.489. The number of hydrogen-bond acceptors (Lipinski definition) is 6. The van der Waals surface area contributed by atoms with E-state index < -0.39 is 5.92 Å². The van der Waals surface area contributed by atoms with Gasteiger partial charge in [-0.25, -0.2) is 0 Å². The summed E-state index contributed by atoms with van der Waals surface area (Å²) in [7, 11) is 0. The van der Waals surface area contributed by atoms with Gasteiger partial charge in [-0.15, -0.1) is 0 Å². The summed E-state index contributed by atoms with van der Waals surface area (Å²) in [6, 6.07) is 19.8. The largest absolute Gasteiger partial charge is 0.494 e. The summed E-state index contributed by atoms with van der Waals surface area (Å²) in [6.07, 6.45) is 0.127. The second-order valence-corrected chi connectivity index (χ2v) is 7.93. The maximum atomic E-state index is 13.0. The molecule has 0 spiro atoms. The summed E-state index contributed by atoms with van der Waals surface area (Å²) >= 11 is 0. The summed E-state index contributed by atoms with van der Waals surface area (Å²) in [5.74, 6) is 2.29. The van der Waals surface area contributed by atoms with Gasteiger partial charge in [-0.05, 0) is 55.5 Å². The molecule has 2 aliphatic heterocycles. The van der Waals surface area contributed by atoms with Crippen LogP contribution in [0.1, 0.15) is 13.3 Å². The second kappa shape index (κ2) is 9.35. The molecule has 8 heteroatoms. The Morgan fingerprint density at radius 3 is 2.62 bits per heavy atom. The predicted molar refractivity (Wildman–Crippen MR) is 126 cm³/mol. The zero-order valence-electron chi connectivity index (χ0n) is 18.7. The molecule has 1 saturated heterocycles. The standard InChI is InChI=1S/C26H24N2O6/c1-2-31-19-8-10-20(11-9-19)34-22-6-4-3-5-21(22)27-26(30)17-13-25(29)28(15-17)18-7-12-23-24(14-18)33-16-32-23/h3-12,14,17H,2,13,15-16H2,1H3,(H,27,30). The third-order valence-corrected chi connectivity index (χ3v) is 5.67. The van der Waals surface area contributed by atoms with Crippen LogP contribution in [0.2, 0.25) is 0 Å². The van der Waals surface area contributed by atoms with Gasteiger partial charge in [0, 0.05) is 24.7 Å². The highest BCUT2D eigenvalue weighted by molar-refractivity contribution is 6.04. The van der Waals surface area contributed by atoms with E-state index in [0.717, 1.165) is 5.75 Å². The topological polar surface area (TPSA) is 86.3 Å². The van der Waals surface area contributed by atoms with Crippen LogP contribution >= 0.6 is 0 Å². The van der Waals surface area contributed by atoms with Crippen LogP contribution in [0, 0.1) is 5.92 Å². The van der Waals surface area contributed by atoms with Crippen LogP contribution in [0.3, 0.4) is 0 Å². The molecule has 2 amide bonds. The third-order valence-electron chi connectivity index (χ3n) is 5.67. The molecule has 3 aromatic carbocycles. The molecule has 0 saturated carbocycles. The SMILES string of the molecule is CCOc1ccc(Oc2ccccc2NC(=O)C2CC(=O)N(c3ccc4c(c3)OCO4)C2)cc1. The molecular formula is C26H24N2O6. The molecule has 2 heterocycles. The highest BCUT2D eigenvalue weighted by atomic mass is 16.7. The van der Waals surface area contributed by atoms with Gasteiger partial charge in [0.2, 0.25) is 18.6 Å². The molecule has 1 atom stereocenters. The molecule has 34 heavy (non-hydrogen) atoms. The quantitative estimate of drug-likeness (QED) is 0.555. The number of para-hydroxylation sites is 2. The lowest BCUT2D eigenvalue weighted by atomic mass is 10.1. The van der Waals surface area contributed by atoms with Crippen LogP contribution in [0.25, 0.3) is 0 Å². The van der Waals surface area contributed by atoms with Gasteiger partial charge in [-0.3, -0.25) is 9.59 Å². The summed E-state index contributed by atoms with van der Waals surface area (Å²) < 4.78 is 22.2. The normalized spacial score (nSPS) is 16.4. The fourth-order valence-corrected chi connectivity index (χ4v) is 3.98. The lowest BCUT2D eigenvalue weighted by molar-refractivity contribution is -0.122. The van der Waals surface area contributed by atoms with E-state index in [0.29, 0.717) is 41.0 Å². The minimum Gasteiger partial charge on any atom is -0.494 e. The molecule has 3 aromatic rings. The van der Waals surface area contributed by atoms with Crippen molar-refractivity contribution in [3.63, 3.8) is 0 Å². The van der Waals surface area contributed by atoms with Gasteiger partial charge in [0.25, 0.3) is 0 Å². The number of carbonyl (C=O) groups excluding carboxylic acids is 2. The number of benzene rings is 3. The molecule has 5 rings (SSSR count). The first-order valence-corrected chi connectivity index (χ1v) is 11.1. The lowest BCUT2D eigenvalue weighted by Gasteiger charge is -2.17. The molecule has 1 N–H and O–H groups in total. The van der Waals surface area contributed by atoms with E-state index in [-0.39, 0.29) is 31.6 Å². The van der Waals surface area contributed by atoms with Crippen LogP contribution in [0.4, 0.5) is 11.4 Å².